The van der Waals surface area contributed by atoms with Gasteiger partial charge in [-0.15, -0.1) is 0 Å². The maximum atomic E-state index is 13.7. The molecule has 0 spiro atoms. The molecule has 3 aromatic heterocycles. The molecule has 0 unspecified atom stereocenters. The minimum absolute atomic E-state index is 0.107. The van der Waals surface area contributed by atoms with Gasteiger partial charge in [0.15, 0.2) is 12.3 Å². The van der Waals surface area contributed by atoms with Crippen molar-refractivity contribution in [2.24, 2.45) is 7.05 Å². The third-order valence-corrected chi connectivity index (χ3v) is 4.32. The van der Waals surface area contributed by atoms with Crippen LogP contribution in [0.4, 0.5) is 4.39 Å². The fourth-order valence-corrected chi connectivity index (χ4v) is 2.79. The number of rotatable bonds is 4. The summed E-state index contributed by atoms with van der Waals surface area (Å²) in [5.74, 6) is -0.599. The molecule has 0 amide bonds. The molecule has 4 rings (SSSR count). The van der Waals surface area contributed by atoms with Gasteiger partial charge < -0.3 is 9.26 Å². The molecule has 0 aliphatic carbocycles. The summed E-state index contributed by atoms with van der Waals surface area (Å²) in [6.45, 7) is 3.30. The topological polar surface area (TPSA) is 95.9 Å². The highest BCUT2D eigenvalue weighted by Gasteiger charge is 2.15. The number of hydrogen-bond donors (Lipinski definition) is 0. The van der Waals surface area contributed by atoms with E-state index >= 15 is 0 Å². The van der Waals surface area contributed by atoms with Crippen LogP contribution in [0.2, 0.25) is 0 Å². The number of carbonyl (C=O) groups is 1. The van der Waals surface area contributed by atoms with Gasteiger partial charge in [0.05, 0.1) is 11.3 Å². The van der Waals surface area contributed by atoms with Gasteiger partial charge in [0, 0.05) is 24.2 Å². The second-order valence-electron chi connectivity index (χ2n) is 6.36. The number of aryl methyl sites for hydroxylation is 3. The number of benzene rings is 1. The predicted octanol–water partition coefficient (Wildman–Crippen LogP) is 3.13. The first-order chi connectivity index (χ1) is 13.4. The van der Waals surface area contributed by atoms with Gasteiger partial charge in [-0.1, -0.05) is 17.3 Å². The molecule has 3 heterocycles. The quantitative estimate of drug-likeness (QED) is 0.501. The van der Waals surface area contributed by atoms with Crippen molar-refractivity contribution in [3.63, 3.8) is 0 Å². The minimum atomic E-state index is -0.571. The Balaban J connectivity index is 1.47. The zero-order chi connectivity index (χ0) is 19.8. The number of carbonyl (C=O) groups excluding carboxylic acids is 1. The summed E-state index contributed by atoms with van der Waals surface area (Å²) in [6, 6.07) is 6.33. The van der Waals surface area contributed by atoms with Gasteiger partial charge in [0.1, 0.15) is 5.82 Å². The molecule has 0 atom stereocenters. The summed E-state index contributed by atoms with van der Waals surface area (Å²) in [5.41, 5.74) is 2.75. The van der Waals surface area contributed by atoms with Gasteiger partial charge in [-0.05, 0) is 31.5 Å². The Bertz CT molecular complexity index is 1200. The van der Waals surface area contributed by atoms with Gasteiger partial charge in [-0.25, -0.2) is 14.2 Å². The van der Waals surface area contributed by atoms with Gasteiger partial charge in [0.25, 0.3) is 5.89 Å². The lowest BCUT2D eigenvalue weighted by Gasteiger charge is -2.02. The lowest BCUT2D eigenvalue weighted by molar-refractivity contribution is 0.0429. The number of pyridine rings is 1. The Hall–Kier alpha value is -3.62. The zero-order valence-electron chi connectivity index (χ0n) is 15.4. The summed E-state index contributed by atoms with van der Waals surface area (Å²) in [6.07, 6.45) is 1.43. The number of aromatic nitrogens is 5. The first-order valence-electron chi connectivity index (χ1n) is 8.48. The third-order valence-electron chi connectivity index (χ3n) is 4.32. The molecule has 4 aromatic rings. The van der Waals surface area contributed by atoms with Gasteiger partial charge in [-0.2, -0.15) is 10.1 Å². The smallest absolute Gasteiger partial charge is 0.340 e. The molecule has 9 heteroatoms. The number of esters is 1. The van der Waals surface area contributed by atoms with Crippen molar-refractivity contribution in [3.05, 3.63) is 59.0 Å². The van der Waals surface area contributed by atoms with Crippen molar-refractivity contribution in [2.45, 2.75) is 20.5 Å². The molecule has 0 bridgehead atoms. The average molecular weight is 381 g/mol. The van der Waals surface area contributed by atoms with E-state index < -0.39 is 5.97 Å². The summed E-state index contributed by atoms with van der Waals surface area (Å²) in [4.78, 5) is 20.7. The van der Waals surface area contributed by atoms with Crippen LogP contribution in [-0.4, -0.2) is 30.9 Å². The van der Waals surface area contributed by atoms with Gasteiger partial charge >= 0.3 is 5.97 Å². The maximum Gasteiger partial charge on any atom is 0.340 e. The summed E-state index contributed by atoms with van der Waals surface area (Å²) < 4.78 is 25.6. The molecule has 0 saturated carbocycles. The van der Waals surface area contributed by atoms with E-state index in [4.69, 9.17) is 9.26 Å². The average Bonchev–Trinajstić information content (AvgIpc) is 3.27. The number of halogens is 1. The Morgan fingerprint density at radius 3 is 2.89 bits per heavy atom. The van der Waals surface area contributed by atoms with Crippen LogP contribution in [0, 0.1) is 19.7 Å². The number of nitrogens with zero attached hydrogens (tertiary/aromatic N) is 5. The number of ether oxygens (including phenoxy) is 1. The van der Waals surface area contributed by atoms with Crippen molar-refractivity contribution in [2.75, 3.05) is 0 Å². The van der Waals surface area contributed by atoms with Crippen molar-refractivity contribution in [1.82, 2.24) is 24.9 Å². The molecule has 0 aliphatic heterocycles. The summed E-state index contributed by atoms with van der Waals surface area (Å²) >= 11 is 0. The molecule has 142 valence electrons. The van der Waals surface area contributed by atoms with E-state index in [0.717, 1.165) is 11.1 Å². The lowest BCUT2D eigenvalue weighted by Crippen LogP contribution is -2.06. The van der Waals surface area contributed by atoms with Gasteiger partial charge in [0.2, 0.25) is 5.82 Å². The van der Waals surface area contributed by atoms with E-state index in [9.17, 15) is 9.18 Å². The van der Waals surface area contributed by atoms with Crippen LogP contribution in [-0.2, 0) is 18.4 Å². The van der Waals surface area contributed by atoms with E-state index in [2.05, 4.69) is 20.2 Å². The fraction of sp³-hybridized carbons (Fsp3) is 0.211. The van der Waals surface area contributed by atoms with E-state index in [1.165, 1.54) is 12.3 Å². The van der Waals surface area contributed by atoms with Crippen LogP contribution in [0.3, 0.4) is 0 Å². The normalized spacial score (nSPS) is 11.1. The third kappa shape index (κ3) is 3.22. The molecular weight excluding hydrogens is 365 g/mol. The minimum Gasteiger partial charge on any atom is -0.452 e. The first kappa shape index (κ1) is 17.8. The van der Waals surface area contributed by atoms with Crippen LogP contribution in [0.15, 0.2) is 35.0 Å². The second-order valence-corrected chi connectivity index (χ2v) is 6.36. The van der Waals surface area contributed by atoms with Crippen LogP contribution < -0.4 is 0 Å². The van der Waals surface area contributed by atoms with E-state index in [1.807, 2.05) is 6.92 Å². The molecule has 28 heavy (non-hydrogen) atoms. The molecule has 0 aliphatic rings. The highest BCUT2D eigenvalue weighted by molar-refractivity contribution is 5.93. The molecule has 1 aromatic carbocycles. The van der Waals surface area contributed by atoms with E-state index in [1.54, 1.807) is 36.9 Å². The second kappa shape index (κ2) is 6.84. The van der Waals surface area contributed by atoms with Crippen LogP contribution in [0.25, 0.3) is 22.4 Å². The highest BCUT2D eigenvalue weighted by Crippen LogP contribution is 2.20. The van der Waals surface area contributed by atoms with Crippen LogP contribution >= 0.6 is 0 Å². The van der Waals surface area contributed by atoms with Crippen LogP contribution in [0.1, 0.15) is 27.5 Å². The molecule has 0 N–H and O–H groups in total. The van der Waals surface area contributed by atoms with Crippen molar-refractivity contribution >= 4 is 17.0 Å². The Morgan fingerprint density at radius 1 is 1.29 bits per heavy atom. The van der Waals surface area contributed by atoms with Crippen molar-refractivity contribution in [3.8, 4) is 11.4 Å². The monoisotopic (exact) mass is 381 g/mol. The Kier molecular flexibility index (Phi) is 4.34. The largest absolute Gasteiger partial charge is 0.452 e. The first-order valence-corrected chi connectivity index (χ1v) is 8.48. The summed E-state index contributed by atoms with van der Waals surface area (Å²) in [5, 5.41) is 8.84. The summed E-state index contributed by atoms with van der Waals surface area (Å²) in [7, 11) is 1.79. The van der Waals surface area contributed by atoms with E-state index in [0.29, 0.717) is 22.3 Å². The predicted molar refractivity (Wildman–Crippen MR) is 96.8 cm³/mol. The van der Waals surface area contributed by atoms with Crippen molar-refractivity contribution < 1.29 is 18.4 Å². The zero-order valence-corrected chi connectivity index (χ0v) is 15.4. The molecule has 0 fully saturated rings. The maximum absolute atomic E-state index is 13.7. The SMILES string of the molecule is Cc1ccc(-c2noc(COC(=O)c3cnc4c(c3)c(C)nn4C)n2)cc1F. The van der Waals surface area contributed by atoms with E-state index in [-0.39, 0.29) is 24.1 Å². The Morgan fingerprint density at radius 2 is 2.11 bits per heavy atom. The standard InChI is InChI=1S/C19H16FN5O3/c1-10-4-5-12(7-15(10)20)17-22-16(28-24-17)9-27-19(26)13-6-14-11(2)23-25(3)18(14)21-8-13/h4-8H,9H2,1-3H3. The molecule has 0 radical (unpaired) electrons. The number of hydrogen-bond acceptors (Lipinski definition) is 7. The van der Waals surface area contributed by atoms with Gasteiger partial charge in [-0.3, -0.25) is 4.68 Å². The number of fused-ring (bicyclic) bond motifs is 1. The van der Waals surface area contributed by atoms with Crippen molar-refractivity contribution in [1.29, 1.82) is 0 Å². The molecule has 8 nitrogen and oxygen atoms in total. The lowest BCUT2D eigenvalue weighted by atomic mass is 10.1. The Labute approximate surface area is 159 Å². The highest BCUT2D eigenvalue weighted by atomic mass is 19.1. The molecule has 0 saturated heterocycles. The fourth-order valence-electron chi connectivity index (χ4n) is 2.79. The molecular formula is C19H16FN5O3. The van der Waals surface area contributed by atoms with Crippen LogP contribution in [0.5, 0.6) is 0 Å².